The molecule has 174 valence electrons. The smallest absolute Gasteiger partial charge is 0.344 e. The summed E-state index contributed by atoms with van der Waals surface area (Å²) in [6.45, 7) is 7.36. The Morgan fingerprint density at radius 2 is 1.85 bits per heavy atom. The fraction of sp³-hybridized carbons (Fsp3) is 0.333. The third-order valence-corrected chi connectivity index (χ3v) is 5.87. The van der Waals surface area contributed by atoms with E-state index < -0.39 is 5.97 Å². The van der Waals surface area contributed by atoms with E-state index in [2.05, 4.69) is 37.0 Å². The standard InChI is InChI=1S/C24H25Br2N3O4/c1-5-15(4)23-28-20-8-6-18(26)11-19(20)24(31)29(23)27-12-16-10-17(25)7-9-21(16)32-13-22(30)33-14(2)3/h6-12,14-15H,5,13H2,1-4H3/t15-/m0/s1. The van der Waals surface area contributed by atoms with Crippen LogP contribution < -0.4 is 10.3 Å². The highest BCUT2D eigenvalue weighted by atomic mass is 79.9. The number of ether oxygens (including phenoxy) is 2. The van der Waals surface area contributed by atoms with Crippen molar-refractivity contribution < 1.29 is 14.3 Å². The van der Waals surface area contributed by atoms with Gasteiger partial charge in [-0.2, -0.15) is 9.78 Å². The van der Waals surface area contributed by atoms with Gasteiger partial charge >= 0.3 is 5.97 Å². The highest BCUT2D eigenvalue weighted by Gasteiger charge is 2.16. The van der Waals surface area contributed by atoms with Gasteiger partial charge in [0.2, 0.25) is 0 Å². The van der Waals surface area contributed by atoms with E-state index in [-0.39, 0.29) is 24.2 Å². The van der Waals surface area contributed by atoms with E-state index in [1.807, 2.05) is 26.0 Å². The zero-order valence-electron chi connectivity index (χ0n) is 18.8. The molecule has 0 saturated heterocycles. The van der Waals surface area contributed by atoms with Gasteiger partial charge in [-0.1, -0.05) is 45.7 Å². The summed E-state index contributed by atoms with van der Waals surface area (Å²) in [5, 5.41) is 4.95. The first-order valence-corrected chi connectivity index (χ1v) is 12.2. The molecule has 3 aromatic rings. The molecule has 0 unspecified atom stereocenters. The van der Waals surface area contributed by atoms with Gasteiger partial charge in [-0.25, -0.2) is 9.78 Å². The highest BCUT2D eigenvalue weighted by molar-refractivity contribution is 9.10. The minimum atomic E-state index is -0.463. The summed E-state index contributed by atoms with van der Waals surface area (Å²) < 4.78 is 13.7. The van der Waals surface area contributed by atoms with Crippen molar-refractivity contribution >= 4 is 54.9 Å². The topological polar surface area (TPSA) is 82.8 Å². The Balaban J connectivity index is 2.03. The molecule has 2 aromatic carbocycles. The first-order valence-electron chi connectivity index (χ1n) is 10.6. The zero-order chi connectivity index (χ0) is 24.1. The second kappa shape index (κ2) is 11.1. The van der Waals surface area contributed by atoms with E-state index in [9.17, 15) is 9.59 Å². The number of halogens is 2. The third-order valence-electron chi connectivity index (χ3n) is 4.88. The quantitative estimate of drug-likeness (QED) is 0.255. The molecule has 0 fully saturated rings. The lowest BCUT2D eigenvalue weighted by Gasteiger charge is -2.14. The van der Waals surface area contributed by atoms with E-state index in [1.54, 1.807) is 38.1 Å². The van der Waals surface area contributed by atoms with Gasteiger partial charge in [-0.15, -0.1) is 0 Å². The summed E-state index contributed by atoms with van der Waals surface area (Å²) >= 11 is 6.86. The summed E-state index contributed by atoms with van der Waals surface area (Å²) in [5.74, 6) is 0.575. The van der Waals surface area contributed by atoms with E-state index >= 15 is 0 Å². The minimum Gasteiger partial charge on any atom is -0.481 e. The number of hydrogen-bond donors (Lipinski definition) is 0. The molecule has 0 N–H and O–H groups in total. The maximum absolute atomic E-state index is 13.3. The van der Waals surface area contributed by atoms with E-state index in [0.717, 1.165) is 15.4 Å². The van der Waals surface area contributed by atoms with Crippen LogP contribution in [0.1, 0.15) is 51.4 Å². The number of carbonyl (C=O) groups excluding carboxylic acids is 1. The van der Waals surface area contributed by atoms with Crippen LogP contribution in [0, 0.1) is 0 Å². The molecule has 0 amide bonds. The van der Waals surface area contributed by atoms with E-state index in [1.165, 1.54) is 10.9 Å². The van der Waals surface area contributed by atoms with Gasteiger partial charge in [0.25, 0.3) is 5.56 Å². The number of esters is 1. The van der Waals surface area contributed by atoms with Gasteiger partial charge in [0, 0.05) is 20.4 Å². The lowest BCUT2D eigenvalue weighted by molar-refractivity contribution is -0.149. The molecule has 3 rings (SSSR count). The maximum Gasteiger partial charge on any atom is 0.344 e. The van der Waals surface area contributed by atoms with Crippen molar-refractivity contribution in [3.63, 3.8) is 0 Å². The van der Waals surface area contributed by atoms with Gasteiger partial charge in [-0.3, -0.25) is 4.79 Å². The predicted molar refractivity (Wildman–Crippen MR) is 136 cm³/mol. The van der Waals surface area contributed by atoms with Gasteiger partial charge < -0.3 is 9.47 Å². The minimum absolute atomic E-state index is 0.0203. The molecule has 1 heterocycles. The number of rotatable bonds is 8. The van der Waals surface area contributed by atoms with Crippen molar-refractivity contribution in [3.05, 3.63) is 67.1 Å². The number of carbonyl (C=O) groups is 1. The molecule has 1 aromatic heterocycles. The third kappa shape index (κ3) is 6.29. The first kappa shape index (κ1) is 25.1. The molecule has 0 saturated carbocycles. The maximum atomic E-state index is 13.3. The van der Waals surface area contributed by atoms with Crippen LogP contribution >= 0.6 is 31.9 Å². The van der Waals surface area contributed by atoms with E-state index in [4.69, 9.17) is 14.5 Å². The number of aromatic nitrogens is 2. The molecular weight excluding hydrogens is 554 g/mol. The van der Waals surface area contributed by atoms with Crippen molar-refractivity contribution in [2.24, 2.45) is 5.10 Å². The SMILES string of the molecule is CC[C@H](C)c1nc2ccc(Br)cc2c(=O)n1N=Cc1cc(Br)ccc1OCC(=O)OC(C)C. The first-order chi connectivity index (χ1) is 15.7. The predicted octanol–water partition coefficient (Wildman–Crippen LogP) is 5.65. The summed E-state index contributed by atoms with van der Waals surface area (Å²) in [4.78, 5) is 29.9. The van der Waals surface area contributed by atoms with Crippen LogP contribution in [0.4, 0.5) is 0 Å². The number of hydrogen-bond acceptors (Lipinski definition) is 6. The Hall–Kier alpha value is -2.52. The summed E-state index contributed by atoms with van der Waals surface area (Å²) in [6, 6.07) is 10.7. The normalized spacial score (nSPS) is 12.5. The monoisotopic (exact) mass is 577 g/mol. The van der Waals surface area contributed by atoms with Crippen LogP contribution in [0.3, 0.4) is 0 Å². The highest BCUT2D eigenvalue weighted by Crippen LogP contribution is 2.23. The molecule has 0 radical (unpaired) electrons. The fourth-order valence-corrected chi connectivity index (χ4v) is 3.82. The Bertz CT molecular complexity index is 1250. The van der Waals surface area contributed by atoms with Crippen LogP contribution in [0.25, 0.3) is 10.9 Å². The molecule has 0 bridgehead atoms. The van der Waals surface area contributed by atoms with Crippen molar-refractivity contribution in [2.45, 2.75) is 46.1 Å². The molecule has 9 heteroatoms. The lowest BCUT2D eigenvalue weighted by Crippen LogP contribution is -2.24. The van der Waals surface area contributed by atoms with Gasteiger partial charge in [0.1, 0.15) is 11.6 Å². The summed E-state index contributed by atoms with van der Waals surface area (Å²) in [7, 11) is 0. The summed E-state index contributed by atoms with van der Waals surface area (Å²) in [6.07, 6.45) is 2.11. The molecule has 33 heavy (non-hydrogen) atoms. The largest absolute Gasteiger partial charge is 0.481 e. The number of nitrogens with zero attached hydrogens (tertiary/aromatic N) is 3. The molecule has 7 nitrogen and oxygen atoms in total. The Kier molecular flexibility index (Phi) is 8.42. The van der Waals surface area contributed by atoms with Crippen LogP contribution in [0.5, 0.6) is 5.75 Å². The van der Waals surface area contributed by atoms with Gasteiger partial charge in [-0.05, 0) is 56.7 Å². The average molecular weight is 579 g/mol. The second-order valence-electron chi connectivity index (χ2n) is 7.81. The fourth-order valence-electron chi connectivity index (χ4n) is 3.08. The van der Waals surface area contributed by atoms with Crippen molar-refractivity contribution in [2.75, 3.05) is 6.61 Å². The average Bonchev–Trinajstić information content (AvgIpc) is 2.77. The van der Waals surface area contributed by atoms with Crippen LogP contribution in [-0.2, 0) is 9.53 Å². The van der Waals surface area contributed by atoms with Crippen molar-refractivity contribution in [3.8, 4) is 5.75 Å². The second-order valence-corrected chi connectivity index (χ2v) is 9.64. The molecular formula is C24H25Br2N3O4. The van der Waals surface area contributed by atoms with E-state index in [0.29, 0.717) is 28.0 Å². The van der Waals surface area contributed by atoms with Crippen LogP contribution in [0.15, 0.2) is 55.2 Å². The lowest BCUT2D eigenvalue weighted by atomic mass is 10.1. The molecule has 0 spiro atoms. The van der Waals surface area contributed by atoms with Crippen LogP contribution in [-0.4, -0.2) is 34.6 Å². The van der Waals surface area contributed by atoms with Crippen LogP contribution in [0.2, 0.25) is 0 Å². The Morgan fingerprint density at radius 1 is 1.15 bits per heavy atom. The number of fused-ring (bicyclic) bond motifs is 1. The van der Waals surface area contributed by atoms with Crippen molar-refractivity contribution in [1.29, 1.82) is 0 Å². The molecule has 0 aliphatic rings. The summed E-state index contributed by atoms with van der Waals surface area (Å²) in [5.41, 5.74) is 0.962. The Morgan fingerprint density at radius 3 is 2.55 bits per heavy atom. The molecule has 0 aliphatic carbocycles. The van der Waals surface area contributed by atoms with Gasteiger partial charge in [0.05, 0.1) is 23.2 Å². The van der Waals surface area contributed by atoms with Crippen molar-refractivity contribution in [1.82, 2.24) is 9.66 Å². The van der Waals surface area contributed by atoms with Gasteiger partial charge in [0.15, 0.2) is 6.61 Å². The number of benzene rings is 2. The Labute approximate surface area is 209 Å². The molecule has 1 atom stereocenters. The molecule has 0 aliphatic heterocycles. The zero-order valence-corrected chi connectivity index (χ0v) is 22.0.